The number of pyridine rings is 1. The van der Waals surface area contributed by atoms with Crippen LogP contribution in [-0.2, 0) is 11.3 Å². The highest BCUT2D eigenvalue weighted by Gasteiger charge is 2.04. The van der Waals surface area contributed by atoms with Crippen LogP contribution in [0.1, 0.15) is 12.0 Å². The molecule has 6 heteroatoms. The van der Waals surface area contributed by atoms with Crippen LogP contribution in [-0.4, -0.2) is 34.3 Å². The Morgan fingerprint density at radius 3 is 2.89 bits per heavy atom. The number of carbonyl (C=O) groups excluding carboxylic acids is 1. The number of nitrogens with one attached hydrogen (secondary N) is 2. The molecule has 1 amide bonds. The minimum absolute atomic E-state index is 0.0159. The summed E-state index contributed by atoms with van der Waals surface area (Å²) >= 11 is 0. The summed E-state index contributed by atoms with van der Waals surface area (Å²) in [6.45, 7) is 1.33. The van der Waals surface area contributed by atoms with Crippen molar-refractivity contribution in [2.45, 2.75) is 13.0 Å². The minimum atomic E-state index is -0.0159. The van der Waals surface area contributed by atoms with Crippen molar-refractivity contribution < 1.29 is 4.79 Å². The molecule has 0 spiro atoms. The van der Waals surface area contributed by atoms with E-state index in [4.69, 9.17) is 0 Å². The third kappa shape index (κ3) is 4.18. The first-order valence-electron chi connectivity index (χ1n) is 6.14. The topological polar surface area (TPSA) is 71.8 Å². The molecule has 6 nitrogen and oxygen atoms in total. The monoisotopic (exact) mass is 259 g/mol. The molecular formula is C13H17N5O. The van der Waals surface area contributed by atoms with Crippen molar-refractivity contribution in [2.24, 2.45) is 0 Å². The number of hydrogen-bond donors (Lipinski definition) is 2. The van der Waals surface area contributed by atoms with Crippen LogP contribution in [0.15, 0.2) is 36.9 Å². The van der Waals surface area contributed by atoms with E-state index in [9.17, 15) is 4.79 Å². The first-order chi connectivity index (χ1) is 9.28. The number of hydrogen-bond acceptors (Lipinski definition) is 4. The zero-order valence-corrected chi connectivity index (χ0v) is 10.8. The number of aromatic nitrogens is 3. The summed E-state index contributed by atoms with van der Waals surface area (Å²) < 4.78 is 1.78. The quantitative estimate of drug-likeness (QED) is 0.807. The van der Waals surface area contributed by atoms with Crippen LogP contribution in [0.5, 0.6) is 0 Å². The largest absolute Gasteiger partial charge is 0.323 e. The predicted octanol–water partition coefficient (Wildman–Crippen LogP) is 0.874. The third-order valence-corrected chi connectivity index (χ3v) is 2.61. The van der Waals surface area contributed by atoms with E-state index >= 15 is 0 Å². The SMILES string of the molecule is CNCCC(=O)Nc1cnn(Cc2ccncc2)c1. The van der Waals surface area contributed by atoms with Crippen molar-refractivity contribution in [1.29, 1.82) is 0 Å². The van der Waals surface area contributed by atoms with Crippen molar-refractivity contribution >= 4 is 11.6 Å². The normalized spacial score (nSPS) is 10.4. The number of amides is 1. The van der Waals surface area contributed by atoms with Crippen LogP contribution >= 0.6 is 0 Å². The molecule has 19 heavy (non-hydrogen) atoms. The Morgan fingerprint density at radius 2 is 2.16 bits per heavy atom. The smallest absolute Gasteiger partial charge is 0.225 e. The molecule has 0 aliphatic carbocycles. The lowest BCUT2D eigenvalue weighted by Crippen LogP contribution is -2.18. The summed E-state index contributed by atoms with van der Waals surface area (Å²) in [4.78, 5) is 15.5. The fourth-order valence-corrected chi connectivity index (χ4v) is 1.65. The summed E-state index contributed by atoms with van der Waals surface area (Å²) in [5.74, 6) is -0.0159. The standard InChI is InChI=1S/C13H17N5O/c1-14-5-4-13(19)17-12-8-16-18(10-12)9-11-2-6-15-7-3-11/h2-3,6-8,10,14H,4-5,9H2,1H3,(H,17,19). The van der Waals surface area contributed by atoms with Crippen molar-refractivity contribution in [3.63, 3.8) is 0 Å². The highest BCUT2D eigenvalue weighted by molar-refractivity contribution is 5.90. The van der Waals surface area contributed by atoms with E-state index in [0.29, 0.717) is 19.5 Å². The van der Waals surface area contributed by atoms with Gasteiger partial charge in [0.2, 0.25) is 5.91 Å². The van der Waals surface area contributed by atoms with Gasteiger partial charge in [-0.3, -0.25) is 14.5 Å². The minimum Gasteiger partial charge on any atom is -0.323 e. The summed E-state index contributed by atoms with van der Waals surface area (Å²) in [6, 6.07) is 3.87. The van der Waals surface area contributed by atoms with Crippen LogP contribution in [0.25, 0.3) is 0 Å². The van der Waals surface area contributed by atoms with Gasteiger partial charge in [0, 0.05) is 31.6 Å². The average molecular weight is 259 g/mol. The Labute approximate surface area is 111 Å². The Balaban J connectivity index is 1.90. The molecule has 0 unspecified atom stereocenters. The van der Waals surface area contributed by atoms with Crippen LogP contribution in [0.2, 0.25) is 0 Å². The molecule has 0 atom stereocenters. The zero-order chi connectivity index (χ0) is 13.5. The summed E-state index contributed by atoms with van der Waals surface area (Å²) in [5, 5.41) is 9.95. The molecule has 0 radical (unpaired) electrons. The lowest BCUT2D eigenvalue weighted by molar-refractivity contribution is -0.116. The van der Waals surface area contributed by atoms with Crippen molar-refractivity contribution in [3.05, 3.63) is 42.5 Å². The van der Waals surface area contributed by atoms with Gasteiger partial charge in [0.1, 0.15) is 0 Å². The molecule has 0 aliphatic heterocycles. The number of anilines is 1. The van der Waals surface area contributed by atoms with Gasteiger partial charge in [-0.1, -0.05) is 0 Å². The molecular weight excluding hydrogens is 242 g/mol. The van der Waals surface area contributed by atoms with Crippen molar-refractivity contribution in [2.75, 3.05) is 18.9 Å². The molecule has 100 valence electrons. The van der Waals surface area contributed by atoms with Gasteiger partial charge < -0.3 is 10.6 Å². The molecule has 0 saturated carbocycles. The first-order valence-corrected chi connectivity index (χ1v) is 6.14. The molecule has 0 bridgehead atoms. The highest BCUT2D eigenvalue weighted by atomic mass is 16.1. The van der Waals surface area contributed by atoms with Gasteiger partial charge >= 0.3 is 0 Å². The second-order valence-electron chi connectivity index (χ2n) is 4.18. The van der Waals surface area contributed by atoms with Gasteiger partial charge in [-0.05, 0) is 24.7 Å². The van der Waals surface area contributed by atoms with Crippen LogP contribution < -0.4 is 10.6 Å². The second kappa shape index (κ2) is 6.65. The van der Waals surface area contributed by atoms with E-state index in [1.165, 1.54) is 0 Å². The van der Waals surface area contributed by atoms with Crippen LogP contribution in [0.3, 0.4) is 0 Å². The summed E-state index contributed by atoms with van der Waals surface area (Å²) in [5.41, 5.74) is 1.83. The lowest BCUT2D eigenvalue weighted by Gasteiger charge is -2.02. The number of rotatable bonds is 6. The van der Waals surface area contributed by atoms with E-state index in [-0.39, 0.29) is 5.91 Å². The van der Waals surface area contributed by atoms with E-state index < -0.39 is 0 Å². The van der Waals surface area contributed by atoms with E-state index in [0.717, 1.165) is 11.3 Å². The average Bonchev–Trinajstić information content (AvgIpc) is 2.85. The van der Waals surface area contributed by atoms with Gasteiger partial charge in [0.05, 0.1) is 18.4 Å². The Kier molecular flexibility index (Phi) is 4.63. The van der Waals surface area contributed by atoms with Gasteiger partial charge in [0.25, 0.3) is 0 Å². The molecule has 2 heterocycles. The first kappa shape index (κ1) is 13.2. The fraction of sp³-hybridized carbons (Fsp3) is 0.308. The van der Waals surface area contributed by atoms with Gasteiger partial charge in [-0.15, -0.1) is 0 Å². The maximum atomic E-state index is 11.5. The number of carbonyl (C=O) groups is 1. The molecule has 2 aromatic heterocycles. The molecule has 0 aromatic carbocycles. The predicted molar refractivity (Wildman–Crippen MR) is 72.7 cm³/mol. The summed E-state index contributed by atoms with van der Waals surface area (Å²) in [6.07, 6.45) is 7.42. The van der Waals surface area contributed by atoms with E-state index in [1.807, 2.05) is 25.4 Å². The van der Waals surface area contributed by atoms with Gasteiger partial charge in [-0.25, -0.2) is 0 Å². The molecule has 2 N–H and O–H groups in total. The van der Waals surface area contributed by atoms with Crippen LogP contribution in [0, 0.1) is 0 Å². The van der Waals surface area contributed by atoms with Crippen molar-refractivity contribution in [1.82, 2.24) is 20.1 Å². The fourth-order valence-electron chi connectivity index (χ4n) is 1.65. The van der Waals surface area contributed by atoms with E-state index in [1.54, 1.807) is 23.3 Å². The third-order valence-electron chi connectivity index (χ3n) is 2.61. The van der Waals surface area contributed by atoms with Crippen LogP contribution in [0.4, 0.5) is 5.69 Å². The number of nitrogens with zero attached hydrogens (tertiary/aromatic N) is 3. The summed E-state index contributed by atoms with van der Waals surface area (Å²) in [7, 11) is 1.82. The molecule has 0 saturated heterocycles. The van der Waals surface area contributed by atoms with E-state index in [2.05, 4.69) is 20.7 Å². The zero-order valence-electron chi connectivity index (χ0n) is 10.8. The van der Waals surface area contributed by atoms with Crippen molar-refractivity contribution in [3.8, 4) is 0 Å². The Morgan fingerprint density at radius 1 is 1.37 bits per heavy atom. The highest BCUT2D eigenvalue weighted by Crippen LogP contribution is 2.07. The molecule has 0 aliphatic rings. The van der Waals surface area contributed by atoms with Gasteiger partial charge in [-0.2, -0.15) is 5.10 Å². The molecule has 2 rings (SSSR count). The molecule has 0 fully saturated rings. The second-order valence-corrected chi connectivity index (χ2v) is 4.18. The molecule has 2 aromatic rings. The maximum Gasteiger partial charge on any atom is 0.225 e. The Bertz CT molecular complexity index is 523. The van der Waals surface area contributed by atoms with Gasteiger partial charge in [0.15, 0.2) is 0 Å². The maximum absolute atomic E-state index is 11.5. The lowest BCUT2D eigenvalue weighted by atomic mass is 10.3. The Hall–Kier alpha value is -2.21.